The van der Waals surface area contributed by atoms with E-state index >= 15 is 0 Å². The molecule has 0 aromatic heterocycles. The number of para-hydroxylation sites is 1. The zero-order chi connectivity index (χ0) is 20.2. The molecule has 0 bridgehead atoms. The molecule has 0 N–H and O–H groups in total. The van der Waals surface area contributed by atoms with Crippen molar-refractivity contribution in [3.63, 3.8) is 0 Å². The van der Waals surface area contributed by atoms with Gasteiger partial charge in [-0.1, -0.05) is 24.3 Å². The van der Waals surface area contributed by atoms with Crippen LogP contribution in [-0.4, -0.2) is 38.3 Å². The van der Waals surface area contributed by atoms with Crippen LogP contribution in [0, 0.1) is 0 Å². The number of hydrogen-bond acceptors (Lipinski definition) is 3. The Balaban J connectivity index is 1.43. The van der Waals surface area contributed by atoms with Crippen LogP contribution in [0.1, 0.15) is 42.9 Å². The smallest absolute Gasteiger partial charge is 0.243 e. The molecule has 5 nitrogen and oxygen atoms in total. The Kier molecular flexibility index (Phi) is 4.33. The van der Waals surface area contributed by atoms with Gasteiger partial charge in [0.2, 0.25) is 15.9 Å². The molecule has 3 aliphatic rings. The van der Waals surface area contributed by atoms with Crippen LogP contribution in [0.25, 0.3) is 0 Å². The first kappa shape index (κ1) is 18.8. The Hall–Kier alpha value is -2.18. The maximum Gasteiger partial charge on any atom is 0.243 e. The van der Waals surface area contributed by atoms with Crippen LogP contribution < -0.4 is 4.90 Å². The lowest BCUT2D eigenvalue weighted by molar-refractivity contribution is -0.124. The third-order valence-corrected chi connectivity index (χ3v) is 8.86. The van der Waals surface area contributed by atoms with Crippen molar-refractivity contribution in [1.82, 2.24) is 4.31 Å². The number of aryl methyl sites for hydroxylation is 2. The van der Waals surface area contributed by atoms with E-state index in [1.165, 1.54) is 5.56 Å². The Bertz CT molecular complexity index is 1090. The van der Waals surface area contributed by atoms with E-state index in [-0.39, 0.29) is 5.91 Å². The summed E-state index contributed by atoms with van der Waals surface area (Å²) in [6.07, 6.45) is 4.16. The van der Waals surface area contributed by atoms with Gasteiger partial charge in [0.15, 0.2) is 0 Å². The van der Waals surface area contributed by atoms with Gasteiger partial charge in [-0.3, -0.25) is 4.79 Å². The maximum absolute atomic E-state index is 13.3. The van der Waals surface area contributed by atoms with Crippen molar-refractivity contribution in [1.29, 1.82) is 0 Å². The Morgan fingerprint density at radius 2 is 1.72 bits per heavy atom. The largest absolute Gasteiger partial charge is 0.312 e. The quantitative estimate of drug-likeness (QED) is 0.780. The standard InChI is InChI=1S/C23H26N2O3S/c1-2-25-21-9-4-3-8-20(21)23(22(25)26)12-14-24(15-13-23)29(27,28)19-11-10-17-6-5-7-18(17)16-19/h3-4,8-11,16H,2,5-7,12-15H2,1H3. The zero-order valence-corrected chi connectivity index (χ0v) is 17.5. The number of sulfonamides is 1. The second kappa shape index (κ2) is 6.67. The van der Waals surface area contributed by atoms with Crippen molar-refractivity contribution in [2.24, 2.45) is 0 Å². The van der Waals surface area contributed by atoms with Gasteiger partial charge in [-0.05, 0) is 73.9 Å². The molecule has 5 rings (SSSR count). The highest BCUT2D eigenvalue weighted by Crippen LogP contribution is 2.48. The summed E-state index contributed by atoms with van der Waals surface area (Å²) < 4.78 is 28.1. The molecule has 29 heavy (non-hydrogen) atoms. The minimum Gasteiger partial charge on any atom is -0.312 e. The maximum atomic E-state index is 13.3. The molecule has 1 aliphatic carbocycles. The highest BCUT2D eigenvalue weighted by atomic mass is 32.2. The lowest BCUT2D eigenvalue weighted by Gasteiger charge is -2.37. The molecule has 0 radical (unpaired) electrons. The average molecular weight is 411 g/mol. The zero-order valence-electron chi connectivity index (χ0n) is 16.7. The number of carbonyl (C=O) groups is 1. The number of likely N-dealkylation sites (N-methyl/N-ethyl adjacent to an activating group) is 1. The number of amides is 1. The number of carbonyl (C=O) groups excluding carboxylic acids is 1. The highest BCUT2D eigenvalue weighted by Gasteiger charge is 2.52. The minimum absolute atomic E-state index is 0.121. The summed E-state index contributed by atoms with van der Waals surface area (Å²) in [5.41, 5.74) is 3.89. The Labute approximate surface area is 172 Å². The molecule has 2 heterocycles. The van der Waals surface area contributed by atoms with Crippen LogP contribution in [0.15, 0.2) is 47.4 Å². The van der Waals surface area contributed by atoms with E-state index in [0.29, 0.717) is 37.4 Å². The minimum atomic E-state index is -3.54. The first-order valence-electron chi connectivity index (χ1n) is 10.5. The van der Waals surface area contributed by atoms with Crippen molar-refractivity contribution in [3.8, 4) is 0 Å². The fourth-order valence-electron chi connectivity index (χ4n) is 5.36. The van der Waals surface area contributed by atoms with Crippen LogP contribution >= 0.6 is 0 Å². The molecule has 1 saturated heterocycles. The van der Waals surface area contributed by atoms with Gasteiger partial charge in [0, 0.05) is 25.3 Å². The van der Waals surface area contributed by atoms with Crippen molar-refractivity contribution in [2.75, 3.05) is 24.5 Å². The van der Waals surface area contributed by atoms with E-state index in [1.54, 1.807) is 10.4 Å². The van der Waals surface area contributed by atoms with E-state index in [2.05, 4.69) is 0 Å². The molecule has 1 spiro atoms. The van der Waals surface area contributed by atoms with Crippen LogP contribution in [-0.2, 0) is 33.1 Å². The summed E-state index contributed by atoms with van der Waals surface area (Å²) in [4.78, 5) is 15.5. The molecule has 0 saturated carbocycles. The molecule has 2 aliphatic heterocycles. The molecule has 1 fully saturated rings. The number of fused-ring (bicyclic) bond motifs is 3. The summed E-state index contributed by atoms with van der Waals surface area (Å²) in [6.45, 7) is 3.37. The fourth-order valence-corrected chi connectivity index (χ4v) is 6.85. The Morgan fingerprint density at radius 3 is 2.48 bits per heavy atom. The number of rotatable bonds is 3. The third-order valence-electron chi connectivity index (χ3n) is 6.96. The van der Waals surface area contributed by atoms with E-state index in [4.69, 9.17) is 0 Å². The molecule has 1 amide bonds. The summed E-state index contributed by atoms with van der Waals surface area (Å²) in [5.74, 6) is 0.121. The third kappa shape index (κ3) is 2.69. The normalized spacial score (nSPS) is 20.9. The van der Waals surface area contributed by atoms with Gasteiger partial charge in [0.25, 0.3) is 0 Å². The van der Waals surface area contributed by atoms with Crippen molar-refractivity contribution in [3.05, 3.63) is 59.2 Å². The number of anilines is 1. The summed E-state index contributed by atoms with van der Waals surface area (Å²) in [6, 6.07) is 13.5. The Morgan fingerprint density at radius 1 is 1.00 bits per heavy atom. The predicted octanol–water partition coefficient (Wildman–Crippen LogP) is 3.26. The predicted molar refractivity (Wildman–Crippen MR) is 113 cm³/mol. The van der Waals surface area contributed by atoms with E-state index < -0.39 is 15.4 Å². The summed E-state index contributed by atoms with van der Waals surface area (Å²) in [5, 5.41) is 0. The van der Waals surface area contributed by atoms with Gasteiger partial charge in [0.05, 0.1) is 10.3 Å². The summed E-state index contributed by atoms with van der Waals surface area (Å²) >= 11 is 0. The second-order valence-electron chi connectivity index (χ2n) is 8.34. The van der Waals surface area contributed by atoms with Crippen LogP contribution in [0.5, 0.6) is 0 Å². The first-order chi connectivity index (χ1) is 14.0. The van der Waals surface area contributed by atoms with E-state index in [0.717, 1.165) is 36.1 Å². The number of benzene rings is 2. The van der Waals surface area contributed by atoms with Gasteiger partial charge in [0.1, 0.15) is 0 Å². The highest BCUT2D eigenvalue weighted by molar-refractivity contribution is 7.89. The molecular formula is C23H26N2O3S. The van der Waals surface area contributed by atoms with E-state index in [1.807, 2.05) is 48.2 Å². The summed E-state index contributed by atoms with van der Waals surface area (Å²) in [7, 11) is -3.54. The van der Waals surface area contributed by atoms with Gasteiger partial charge < -0.3 is 4.90 Å². The van der Waals surface area contributed by atoms with Gasteiger partial charge in [-0.25, -0.2) is 8.42 Å². The van der Waals surface area contributed by atoms with Crippen molar-refractivity contribution in [2.45, 2.75) is 49.3 Å². The molecule has 0 unspecified atom stereocenters. The van der Waals surface area contributed by atoms with Crippen molar-refractivity contribution >= 4 is 21.6 Å². The molecule has 0 atom stereocenters. The second-order valence-corrected chi connectivity index (χ2v) is 10.3. The van der Waals surface area contributed by atoms with Gasteiger partial charge in [-0.2, -0.15) is 4.31 Å². The lowest BCUT2D eigenvalue weighted by atomic mass is 9.74. The van der Waals surface area contributed by atoms with E-state index in [9.17, 15) is 13.2 Å². The topological polar surface area (TPSA) is 57.7 Å². The number of hydrogen-bond donors (Lipinski definition) is 0. The molecule has 6 heteroatoms. The van der Waals surface area contributed by atoms with Crippen LogP contribution in [0.4, 0.5) is 5.69 Å². The van der Waals surface area contributed by atoms with Crippen molar-refractivity contribution < 1.29 is 13.2 Å². The van der Waals surface area contributed by atoms with Gasteiger partial charge in [-0.15, -0.1) is 0 Å². The van der Waals surface area contributed by atoms with Gasteiger partial charge >= 0.3 is 0 Å². The molecule has 2 aromatic carbocycles. The van der Waals surface area contributed by atoms with Crippen LogP contribution in [0.2, 0.25) is 0 Å². The monoisotopic (exact) mass is 410 g/mol. The molecule has 152 valence electrons. The molecule has 2 aromatic rings. The fraction of sp³-hybridized carbons (Fsp3) is 0.435. The van der Waals surface area contributed by atoms with Crippen LogP contribution in [0.3, 0.4) is 0 Å². The SMILES string of the molecule is CCN1C(=O)C2(CCN(S(=O)(=O)c3ccc4c(c3)CCC4)CC2)c2ccccc21. The lowest BCUT2D eigenvalue weighted by Crippen LogP contribution is -2.50. The number of piperidine rings is 1. The first-order valence-corrected chi connectivity index (χ1v) is 11.9. The molecular weight excluding hydrogens is 384 g/mol. The number of nitrogens with zero attached hydrogens (tertiary/aromatic N) is 2. The average Bonchev–Trinajstić information content (AvgIpc) is 3.30.